The second kappa shape index (κ2) is 5.93. The van der Waals surface area contributed by atoms with E-state index in [-0.39, 0.29) is 12.0 Å². The van der Waals surface area contributed by atoms with Gasteiger partial charge in [-0.05, 0) is 38.1 Å². The van der Waals surface area contributed by atoms with E-state index in [2.05, 4.69) is 4.98 Å². The van der Waals surface area contributed by atoms with Crippen LogP contribution in [0.15, 0.2) is 24.3 Å². The van der Waals surface area contributed by atoms with Gasteiger partial charge in [-0.15, -0.1) is 0 Å². The molecule has 1 aliphatic heterocycles. The minimum absolute atomic E-state index is 0.0184. The van der Waals surface area contributed by atoms with Crippen LogP contribution in [0.5, 0.6) is 5.75 Å². The molecule has 0 spiro atoms. The molecule has 0 N–H and O–H groups in total. The quantitative estimate of drug-likeness (QED) is 0.854. The molecule has 2 heterocycles. The Morgan fingerprint density at radius 2 is 2.23 bits per heavy atom. The Morgan fingerprint density at radius 1 is 1.41 bits per heavy atom. The number of hydrogen-bond acceptors (Lipinski definition) is 4. The zero-order chi connectivity index (χ0) is 15.7. The SMILES string of the molecule is COc1ccc2nc(C)c(C(=O)N3CCOC(C)C3)cc2c1. The first-order valence-electron chi connectivity index (χ1n) is 7.45. The van der Waals surface area contributed by atoms with Gasteiger partial charge in [-0.2, -0.15) is 0 Å². The van der Waals surface area contributed by atoms with Gasteiger partial charge >= 0.3 is 0 Å². The van der Waals surface area contributed by atoms with E-state index in [9.17, 15) is 4.79 Å². The zero-order valence-electron chi connectivity index (χ0n) is 13.1. The number of aromatic nitrogens is 1. The molecule has 1 aromatic heterocycles. The summed E-state index contributed by atoms with van der Waals surface area (Å²) in [6.45, 7) is 5.69. The molecule has 1 unspecified atom stereocenters. The third kappa shape index (κ3) is 2.76. The summed E-state index contributed by atoms with van der Waals surface area (Å²) in [6.07, 6.45) is 0.0755. The summed E-state index contributed by atoms with van der Waals surface area (Å²) in [5, 5.41) is 0.912. The fourth-order valence-electron chi connectivity index (χ4n) is 2.77. The van der Waals surface area contributed by atoms with Gasteiger partial charge < -0.3 is 14.4 Å². The van der Waals surface area contributed by atoms with Crippen molar-refractivity contribution >= 4 is 16.8 Å². The van der Waals surface area contributed by atoms with Crippen molar-refractivity contribution in [1.82, 2.24) is 9.88 Å². The van der Waals surface area contributed by atoms with Gasteiger partial charge in [-0.1, -0.05) is 0 Å². The molecular formula is C17H20N2O3. The minimum atomic E-state index is 0.0184. The summed E-state index contributed by atoms with van der Waals surface area (Å²) in [7, 11) is 1.63. The smallest absolute Gasteiger partial charge is 0.255 e. The normalized spacial score (nSPS) is 18.5. The Kier molecular flexibility index (Phi) is 3.98. The lowest BCUT2D eigenvalue weighted by Gasteiger charge is -2.31. The van der Waals surface area contributed by atoms with Crippen LogP contribution in [0.3, 0.4) is 0 Å². The van der Waals surface area contributed by atoms with Crippen molar-refractivity contribution in [3.63, 3.8) is 0 Å². The number of morpholine rings is 1. The van der Waals surface area contributed by atoms with E-state index in [1.54, 1.807) is 7.11 Å². The lowest BCUT2D eigenvalue weighted by molar-refractivity contribution is -0.0124. The highest BCUT2D eigenvalue weighted by atomic mass is 16.5. The second-order valence-electron chi connectivity index (χ2n) is 5.61. The molecule has 1 aliphatic rings. The first kappa shape index (κ1) is 14.8. The van der Waals surface area contributed by atoms with Crippen LogP contribution in [0, 0.1) is 6.92 Å². The van der Waals surface area contributed by atoms with E-state index in [1.807, 2.05) is 43.0 Å². The maximum absolute atomic E-state index is 12.8. The van der Waals surface area contributed by atoms with E-state index in [4.69, 9.17) is 9.47 Å². The number of aryl methyl sites for hydroxylation is 1. The zero-order valence-corrected chi connectivity index (χ0v) is 13.1. The van der Waals surface area contributed by atoms with Gasteiger partial charge in [-0.3, -0.25) is 9.78 Å². The number of fused-ring (bicyclic) bond motifs is 1. The molecule has 3 rings (SSSR count). The molecule has 0 saturated carbocycles. The van der Waals surface area contributed by atoms with Crippen LogP contribution in [0.1, 0.15) is 23.0 Å². The summed E-state index contributed by atoms with van der Waals surface area (Å²) in [5.74, 6) is 0.779. The summed E-state index contributed by atoms with van der Waals surface area (Å²) in [5.41, 5.74) is 2.27. The topological polar surface area (TPSA) is 51.7 Å². The predicted octanol–water partition coefficient (Wildman–Crippen LogP) is 2.41. The Morgan fingerprint density at radius 3 is 2.95 bits per heavy atom. The highest BCUT2D eigenvalue weighted by molar-refractivity contribution is 5.98. The Hall–Kier alpha value is -2.14. The fraction of sp³-hybridized carbons (Fsp3) is 0.412. The van der Waals surface area contributed by atoms with Crippen molar-refractivity contribution in [3.8, 4) is 5.75 Å². The van der Waals surface area contributed by atoms with Gasteiger partial charge in [0.2, 0.25) is 0 Å². The maximum Gasteiger partial charge on any atom is 0.255 e. The van der Waals surface area contributed by atoms with Gasteiger partial charge in [0, 0.05) is 18.5 Å². The number of carbonyl (C=O) groups excluding carboxylic acids is 1. The first-order chi connectivity index (χ1) is 10.6. The first-order valence-corrected chi connectivity index (χ1v) is 7.45. The molecule has 1 fully saturated rings. The van der Waals surface area contributed by atoms with Crippen LogP contribution in [0.2, 0.25) is 0 Å². The van der Waals surface area contributed by atoms with Crippen molar-refractivity contribution < 1.29 is 14.3 Å². The standard InChI is InChI=1S/C17H20N2O3/c1-11-10-19(6-7-22-11)17(20)15-9-13-8-14(21-3)4-5-16(13)18-12(15)2/h4-5,8-9,11H,6-7,10H2,1-3H3. The van der Waals surface area contributed by atoms with Crippen molar-refractivity contribution in [2.24, 2.45) is 0 Å². The van der Waals surface area contributed by atoms with Crippen LogP contribution in [0.4, 0.5) is 0 Å². The van der Waals surface area contributed by atoms with Crippen LogP contribution < -0.4 is 4.74 Å². The highest BCUT2D eigenvalue weighted by Crippen LogP contribution is 2.23. The average Bonchev–Trinajstić information content (AvgIpc) is 2.53. The molecule has 1 atom stereocenters. The third-order valence-corrected chi connectivity index (χ3v) is 3.97. The van der Waals surface area contributed by atoms with Crippen LogP contribution in [0.25, 0.3) is 10.9 Å². The molecule has 1 aromatic carbocycles. The minimum Gasteiger partial charge on any atom is -0.497 e. The lowest BCUT2D eigenvalue weighted by Crippen LogP contribution is -2.44. The average molecular weight is 300 g/mol. The number of methoxy groups -OCH3 is 1. The number of rotatable bonds is 2. The van der Waals surface area contributed by atoms with Gasteiger partial charge in [0.15, 0.2) is 0 Å². The maximum atomic E-state index is 12.8. The molecule has 0 aliphatic carbocycles. The number of nitrogens with zero attached hydrogens (tertiary/aromatic N) is 2. The Labute approximate surface area is 129 Å². The van der Waals surface area contributed by atoms with Crippen molar-refractivity contribution in [3.05, 3.63) is 35.5 Å². The molecule has 5 heteroatoms. The highest BCUT2D eigenvalue weighted by Gasteiger charge is 2.24. The molecule has 1 amide bonds. The van der Waals surface area contributed by atoms with Crippen molar-refractivity contribution in [2.45, 2.75) is 20.0 Å². The number of pyridine rings is 1. The summed E-state index contributed by atoms with van der Waals surface area (Å²) >= 11 is 0. The van der Waals surface area contributed by atoms with Crippen molar-refractivity contribution in [2.75, 3.05) is 26.8 Å². The number of hydrogen-bond donors (Lipinski definition) is 0. The van der Waals surface area contributed by atoms with Crippen LogP contribution in [-0.2, 0) is 4.74 Å². The van der Waals surface area contributed by atoms with Gasteiger partial charge in [0.25, 0.3) is 5.91 Å². The molecule has 22 heavy (non-hydrogen) atoms. The number of ether oxygens (including phenoxy) is 2. The molecule has 116 valence electrons. The fourth-order valence-corrected chi connectivity index (χ4v) is 2.77. The van der Waals surface area contributed by atoms with Gasteiger partial charge in [0.05, 0.1) is 36.6 Å². The second-order valence-corrected chi connectivity index (χ2v) is 5.61. The Balaban J connectivity index is 1.98. The summed E-state index contributed by atoms with van der Waals surface area (Å²) in [6, 6.07) is 7.59. The van der Waals surface area contributed by atoms with Gasteiger partial charge in [0.1, 0.15) is 5.75 Å². The van der Waals surface area contributed by atoms with Crippen LogP contribution in [-0.4, -0.2) is 48.7 Å². The van der Waals surface area contributed by atoms with Crippen LogP contribution >= 0.6 is 0 Å². The molecule has 5 nitrogen and oxygen atoms in total. The van der Waals surface area contributed by atoms with E-state index >= 15 is 0 Å². The van der Waals surface area contributed by atoms with Gasteiger partial charge in [-0.25, -0.2) is 0 Å². The molecule has 2 aromatic rings. The molecule has 0 bridgehead atoms. The van der Waals surface area contributed by atoms with E-state index in [1.165, 1.54) is 0 Å². The molecular weight excluding hydrogens is 280 g/mol. The predicted molar refractivity (Wildman–Crippen MR) is 84.3 cm³/mol. The summed E-state index contributed by atoms with van der Waals surface area (Å²) < 4.78 is 10.7. The van der Waals surface area contributed by atoms with E-state index < -0.39 is 0 Å². The largest absolute Gasteiger partial charge is 0.497 e. The monoisotopic (exact) mass is 300 g/mol. The molecule has 1 saturated heterocycles. The van der Waals surface area contributed by atoms with E-state index in [0.29, 0.717) is 25.3 Å². The summed E-state index contributed by atoms with van der Waals surface area (Å²) in [4.78, 5) is 19.2. The Bertz CT molecular complexity index is 714. The number of amides is 1. The number of carbonyl (C=O) groups is 1. The number of benzene rings is 1. The third-order valence-electron chi connectivity index (χ3n) is 3.97. The van der Waals surface area contributed by atoms with Crippen molar-refractivity contribution in [1.29, 1.82) is 0 Å². The molecule has 0 radical (unpaired) electrons. The van der Waals surface area contributed by atoms with E-state index in [0.717, 1.165) is 22.3 Å². The lowest BCUT2D eigenvalue weighted by atomic mass is 10.1.